The maximum atomic E-state index is 11.7. The molecule has 132 valence electrons. The summed E-state index contributed by atoms with van der Waals surface area (Å²) in [4.78, 5) is 11.7. The van der Waals surface area contributed by atoms with Crippen LogP contribution in [0.15, 0.2) is 71.6 Å². The first-order chi connectivity index (χ1) is 12.2. The van der Waals surface area contributed by atoms with Crippen molar-refractivity contribution in [2.45, 2.75) is 4.90 Å². The Bertz CT molecular complexity index is 1080. The van der Waals surface area contributed by atoms with Crippen molar-refractivity contribution >= 4 is 27.5 Å². The van der Waals surface area contributed by atoms with Gasteiger partial charge in [-0.1, -0.05) is 35.9 Å². The normalized spacial score (nSPS) is 11.3. The molecule has 3 aromatic rings. The average Bonchev–Trinajstić information content (AvgIpc) is 2.61. The van der Waals surface area contributed by atoms with E-state index in [1.807, 2.05) is 18.2 Å². The summed E-state index contributed by atoms with van der Waals surface area (Å²) in [6.07, 6.45) is 0. The summed E-state index contributed by atoms with van der Waals surface area (Å²) in [5, 5.41) is 5.73. The molecule has 5 nitrogen and oxygen atoms in total. The molecule has 0 radical (unpaired) electrons. The number of hydrogen-bond acceptors (Lipinski definition) is 3. The molecule has 0 aliphatic carbocycles. The van der Waals surface area contributed by atoms with Gasteiger partial charge in [-0.2, -0.15) is 0 Å². The predicted octanol–water partition coefficient (Wildman–Crippen LogP) is 3.42. The highest BCUT2D eigenvalue weighted by Crippen LogP contribution is 2.29. The van der Waals surface area contributed by atoms with Gasteiger partial charge in [-0.05, 0) is 64.7 Å². The van der Waals surface area contributed by atoms with Crippen LogP contribution in [0, 0.1) is 0 Å². The molecule has 0 heterocycles. The van der Waals surface area contributed by atoms with E-state index in [1.165, 1.54) is 12.1 Å². The van der Waals surface area contributed by atoms with E-state index >= 15 is 0 Å². The van der Waals surface area contributed by atoms with E-state index in [0.29, 0.717) is 10.6 Å². The maximum absolute atomic E-state index is 11.7. The van der Waals surface area contributed by atoms with Crippen LogP contribution < -0.4 is 10.9 Å². The lowest BCUT2D eigenvalue weighted by Crippen LogP contribution is -2.12. The monoisotopic (exact) mass is 386 g/mol. The Morgan fingerprint density at radius 1 is 0.769 bits per heavy atom. The number of carbonyl (C=O) groups is 1. The molecule has 0 aliphatic heterocycles. The number of sulfonamides is 1. The fourth-order valence-electron chi connectivity index (χ4n) is 2.58. The molecule has 0 bridgehead atoms. The second kappa shape index (κ2) is 6.92. The Morgan fingerprint density at radius 2 is 1.23 bits per heavy atom. The largest absolute Gasteiger partial charge is 0.366 e. The van der Waals surface area contributed by atoms with Crippen LogP contribution in [0.25, 0.3) is 22.3 Å². The number of primary amides is 1. The number of rotatable bonds is 4. The standard InChI is InChI=1S/C19H15ClN2O3S/c20-17-5-1-12(2-6-17)14-9-15(11-16(10-14)19(21)23)13-3-7-18(8-4-13)26(22,24)25/h1-11H,(H2,21,23)(H2,22,24,25). The fraction of sp³-hybridized carbons (Fsp3) is 0. The third-order valence-corrected chi connectivity index (χ3v) is 5.09. The zero-order chi connectivity index (χ0) is 18.9. The minimum absolute atomic E-state index is 0.0187. The first kappa shape index (κ1) is 18.1. The van der Waals surface area contributed by atoms with E-state index < -0.39 is 15.9 Å². The van der Waals surface area contributed by atoms with Crippen LogP contribution >= 0.6 is 11.6 Å². The van der Waals surface area contributed by atoms with Crippen LogP contribution in [0.3, 0.4) is 0 Å². The van der Waals surface area contributed by atoms with Gasteiger partial charge in [-0.25, -0.2) is 13.6 Å². The van der Waals surface area contributed by atoms with Gasteiger partial charge in [0, 0.05) is 10.6 Å². The summed E-state index contributed by atoms with van der Waals surface area (Å²) >= 11 is 5.93. The first-order valence-corrected chi connectivity index (χ1v) is 9.50. The van der Waals surface area contributed by atoms with Crippen LogP contribution in [-0.2, 0) is 10.0 Å². The Labute approximate surface area is 156 Å². The summed E-state index contributed by atoms with van der Waals surface area (Å²) in [6, 6.07) is 18.6. The average molecular weight is 387 g/mol. The number of halogens is 1. The number of nitrogens with two attached hydrogens (primary N) is 2. The van der Waals surface area contributed by atoms with Crippen molar-refractivity contribution in [3.63, 3.8) is 0 Å². The molecule has 0 fully saturated rings. The number of primary sulfonamides is 1. The first-order valence-electron chi connectivity index (χ1n) is 7.58. The third-order valence-electron chi connectivity index (χ3n) is 3.91. The zero-order valence-corrected chi connectivity index (χ0v) is 15.1. The molecule has 0 saturated carbocycles. The van der Waals surface area contributed by atoms with Crippen molar-refractivity contribution in [1.82, 2.24) is 0 Å². The highest BCUT2D eigenvalue weighted by molar-refractivity contribution is 7.89. The van der Waals surface area contributed by atoms with Crippen molar-refractivity contribution < 1.29 is 13.2 Å². The Morgan fingerprint density at radius 3 is 1.65 bits per heavy atom. The Hall–Kier alpha value is -2.67. The van der Waals surface area contributed by atoms with Crippen molar-refractivity contribution in [3.05, 3.63) is 77.3 Å². The molecule has 0 aliphatic rings. The summed E-state index contributed by atoms with van der Waals surface area (Å²) in [5.74, 6) is -0.553. The van der Waals surface area contributed by atoms with Gasteiger partial charge in [0.05, 0.1) is 4.90 Å². The molecule has 0 aromatic heterocycles. The van der Waals surface area contributed by atoms with E-state index in [9.17, 15) is 13.2 Å². The van der Waals surface area contributed by atoms with E-state index in [4.69, 9.17) is 22.5 Å². The molecular weight excluding hydrogens is 372 g/mol. The van der Waals surface area contributed by atoms with Crippen LogP contribution in [0.2, 0.25) is 5.02 Å². The van der Waals surface area contributed by atoms with Gasteiger partial charge in [0.2, 0.25) is 15.9 Å². The van der Waals surface area contributed by atoms with Crippen LogP contribution in [0.5, 0.6) is 0 Å². The highest BCUT2D eigenvalue weighted by Gasteiger charge is 2.11. The topological polar surface area (TPSA) is 103 Å². The number of hydrogen-bond donors (Lipinski definition) is 2. The lowest BCUT2D eigenvalue weighted by Gasteiger charge is -2.10. The van der Waals surface area contributed by atoms with Crippen molar-refractivity contribution in [3.8, 4) is 22.3 Å². The minimum atomic E-state index is -3.77. The second-order valence-corrected chi connectivity index (χ2v) is 7.74. The van der Waals surface area contributed by atoms with Crippen LogP contribution in [0.4, 0.5) is 0 Å². The van der Waals surface area contributed by atoms with Gasteiger partial charge < -0.3 is 5.73 Å². The van der Waals surface area contributed by atoms with Gasteiger partial charge >= 0.3 is 0 Å². The summed E-state index contributed by atoms with van der Waals surface area (Å²) in [6.45, 7) is 0. The highest BCUT2D eigenvalue weighted by atomic mass is 35.5. The lowest BCUT2D eigenvalue weighted by molar-refractivity contribution is 0.100. The molecule has 3 aromatic carbocycles. The molecule has 0 spiro atoms. The molecule has 1 amide bonds. The van der Waals surface area contributed by atoms with Gasteiger partial charge in [0.25, 0.3) is 0 Å². The number of carbonyl (C=O) groups excluding carboxylic acids is 1. The Balaban J connectivity index is 2.12. The maximum Gasteiger partial charge on any atom is 0.248 e. The second-order valence-electron chi connectivity index (χ2n) is 5.74. The van der Waals surface area contributed by atoms with Gasteiger partial charge in [0.1, 0.15) is 0 Å². The molecular formula is C19H15ClN2O3S. The Kier molecular flexibility index (Phi) is 4.82. The van der Waals surface area contributed by atoms with Crippen molar-refractivity contribution in [2.24, 2.45) is 10.9 Å². The van der Waals surface area contributed by atoms with Crippen molar-refractivity contribution in [2.75, 3.05) is 0 Å². The molecule has 0 atom stereocenters. The summed E-state index contributed by atoms with van der Waals surface area (Å²) < 4.78 is 22.8. The number of amides is 1. The molecule has 4 N–H and O–H groups in total. The van der Waals surface area contributed by atoms with Crippen molar-refractivity contribution in [1.29, 1.82) is 0 Å². The molecule has 7 heteroatoms. The molecule has 0 saturated heterocycles. The smallest absolute Gasteiger partial charge is 0.248 e. The zero-order valence-electron chi connectivity index (χ0n) is 13.5. The third kappa shape index (κ3) is 3.94. The molecule has 3 rings (SSSR count). The van der Waals surface area contributed by atoms with Gasteiger partial charge in [-0.15, -0.1) is 0 Å². The van der Waals surface area contributed by atoms with E-state index in [-0.39, 0.29) is 4.90 Å². The van der Waals surface area contributed by atoms with Crippen LogP contribution in [-0.4, -0.2) is 14.3 Å². The summed E-state index contributed by atoms with van der Waals surface area (Å²) in [7, 11) is -3.77. The minimum Gasteiger partial charge on any atom is -0.366 e. The SMILES string of the molecule is NC(=O)c1cc(-c2ccc(Cl)cc2)cc(-c2ccc(S(N)(=O)=O)cc2)c1. The molecule has 0 unspecified atom stereocenters. The van der Waals surface area contributed by atoms with Gasteiger partial charge in [-0.3, -0.25) is 4.79 Å². The van der Waals surface area contributed by atoms with Crippen LogP contribution in [0.1, 0.15) is 10.4 Å². The van der Waals surface area contributed by atoms with E-state index in [1.54, 1.807) is 36.4 Å². The summed E-state index contributed by atoms with van der Waals surface area (Å²) in [5.41, 5.74) is 8.94. The quantitative estimate of drug-likeness (QED) is 0.717. The fourth-order valence-corrected chi connectivity index (χ4v) is 3.22. The lowest BCUT2D eigenvalue weighted by atomic mass is 9.96. The van der Waals surface area contributed by atoms with Gasteiger partial charge in [0.15, 0.2) is 0 Å². The predicted molar refractivity (Wildman–Crippen MR) is 102 cm³/mol. The van der Waals surface area contributed by atoms with E-state index in [2.05, 4.69) is 0 Å². The van der Waals surface area contributed by atoms with E-state index in [0.717, 1.165) is 22.3 Å². The number of benzene rings is 3. The molecule has 26 heavy (non-hydrogen) atoms.